The van der Waals surface area contributed by atoms with Gasteiger partial charge in [-0.15, -0.1) is 11.6 Å². The molecule has 0 aliphatic carbocycles. The zero-order valence-electron chi connectivity index (χ0n) is 11.2. The molecule has 0 saturated carbocycles. The van der Waals surface area contributed by atoms with Crippen molar-refractivity contribution in [2.75, 3.05) is 0 Å². The molecule has 1 aromatic heterocycles. The summed E-state index contributed by atoms with van der Waals surface area (Å²) in [6.45, 7) is 6.40. The van der Waals surface area contributed by atoms with Gasteiger partial charge in [0.1, 0.15) is 0 Å². The Morgan fingerprint density at radius 1 is 1.17 bits per heavy atom. The van der Waals surface area contributed by atoms with E-state index in [0.717, 1.165) is 29.8 Å². The van der Waals surface area contributed by atoms with E-state index in [1.807, 2.05) is 0 Å². The summed E-state index contributed by atoms with van der Waals surface area (Å²) >= 11 is 5.92. The SMILES string of the molecule is CCc1cc(CC)n(-c2cc(CCl)ccc2C)n1. The molecule has 0 aliphatic rings. The van der Waals surface area contributed by atoms with E-state index in [1.54, 1.807) is 0 Å². The number of aromatic nitrogens is 2. The van der Waals surface area contributed by atoms with Gasteiger partial charge in [0.25, 0.3) is 0 Å². The summed E-state index contributed by atoms with van der Waals surface area (Å²) in [4.78, 5) is 0. The normalized spacial score (nSPS) is 10.9. The van der Waals surface area contributed by atoms with Crippen LogP contribution in [0.4, 0.5) is 0 Å². The van der Waals surface area contributed by atoms with Crippen LogP contribution < -0.4 is 0 Å². The minimum Gasteiger partial charge on any atom is -0.237 e. The summed E-state index contributed by atoms with van der Waals surface area (Å²) in [7, 11) is 0. The van der Waals surface area contributed by atoms with E-state index in [-0.39, 0.29) is 0 Å². The summed E-state index contributed by atoms with van der Waals surface area (Å²) in [5.41, 5.74) is 5.89. The van der Waals surface area contributed by atoms with Crippen molar-refractivity contribution in [2.24, 2.45) is 0 Å². The Labute approximate surface area is 114 Å². The van der Waals surface area contributed by atoms with Crippen molar-refractivity contribution < 1.29 is 0 Å². The second kappa shape index (κ2) is 5.57. The molecule has 0 amide bonds. The number of halogens is 1. The summed E-state index contributed by atoms with van der Waals surface area (Å²) in [5.74, 6) is 0.538. The number of alkyl halides is 1. The highest BCUT2D eigenvalue weighted by molar-refractivity contribution is 6.17. The fourth-order valence-corrected chi connectivity index (χ4v) is 2.24. The van der Waals surface area contributed by atoms with Crippen LogP contribution in [-0.2, 0) is 18.7 Å². The highest BCUT2D eigenvalue weighted by Crippen LogP contribution is 2.20. The smallest absolute Gasteiger partial charge is 0.0681 e. The molecule has 0 bridgehead atoms. The maximum Gasteiger partial charge on any atom is 0.0681 e. The van der Waals surface area contributed by atoms with Crippen LogP contribution in [0, 0.1) is 6.92 Å². The molecule has 18 heavy (non-hydrogen) atoms. The average molecular weight is 263 g/mol. The van der Waals surface area contributed by atoms with E-state index in [0.29, 0.717) is 5.88 Å². The van der Waals surface area contributed by atoms with E-state index in [4.69, 9.17) is 11.6 Å². The van der Waals surface area contributed by atoms with E-state index >= 15 is 0 Å². The Morgan fingerprint density at radius 2 is 1.94 bits per heavy atom. The maximum atomic E-state index is 5.92. The lowest BCUT2D eigenvalue weighted by Gasteiger charge is -2.10. The lowest BCUT2D eigenvalue weighted by Crippen LogP contribution is -2.04. The molecule has 96 valence electrons. The summed E-state index contributed by atoms with van der Waals surface area (Å²) in [6, 6.07) is 8.50. The van der Waals surface area contributed by atoms with Crippen LogP contribution in [-0.4, -0.2) is 9.78 Å². The fourth-order valence-electron chi connectivity index (χ4n) is 2.07. The first kappa shape index (κ1) is 13.2. The average Bonchev–Trinajstić information content (AvgIpc) is 2.82. The monoisotopic (exact) mass is 262 g/mol. The lowest BCUT2D eigenvalue weighted by molar-refractivity contribution is 0.788. The van der Waals surface area contributed by atoms with Gasteiger partial charge in [0.2, 0.25) is 0 Å². The first-order chi connectivity index (χ1) is 8.69. The Balaban J connectivity index is 2.56. The molecule has 0 spiro atoms. The molecule has 2 rings (SSSR count). The first-order valence-electron chi connectivity index (χ1n) is 6.43. The van der Waals surface area contributed by atoms with Gasteiger partial charge in [0.15, 0.2) is 0 Å². The van der Waals surface area contributed by atoms with Crippen LogP contribution >= 0.6 is 11.6 Å². The summed E-state index contributed by atoms with van der Waals surface area (Å²) in [5, 5.41) is 4.68. The molecular weight excluding hydrogens is 244 g/mol. The zero-order valence-corrected chi connectivity index (χ0v) is 12.0. The fraction of sp³-hybridized carbons (Fsp3) is 0.400. The molecule has 0 saturated heterocycles. The van der Waals surface area contributed by atoms with Crippen LogP contribution in [0.25, 0.3) is 5.69 Å². The van der Waals surface area contributed by atoms with Crippen molar-refractivity contribution >= 4 is 11.6 Å². The molecule has 0 unspecified atom stereocenters. The number of hydrogen-bond donors (Lipinski definition) is 0. The van der Waals surface area contributed by atoms with Crippen molar-refractivity contribution in [2.45, 2.75) is 39.5 Å². The van der Waals surface area contributed by atoms with Crippen molar-refractivity contribution in [3.63, 3.8) is 0 Å². The van der Waals surface area contributed by atoms with Gasteiger partial charge in [0, 0.05) is 11.6 Å². The number of aryl methyl sites for hydroxylation is 3. The van der Waals surface area contributed by atoms with Crippen LogP contribution in [0.1, 0.15) is 36.4 Å². The molecule has 0 atom stereocenters. The quantitative estimate of drug-likeness (QED) is 0.761. The van der Waals surface area contributed by atoms with Crippen molar-refractivity contribution in [1.82, 2.24) is 9.78 Å². The number of hydrogen-bond acceptors (Lipinski definition) is 1. The van der Waals surface area contributed by atoms with Crippen LogP contribution in [0.3, 0.4) is 0 Å². The standard InChI is InChI=1S/C15H19ClN2/c1-4-13-9-14(5-2)18(17-13)15-8-12(10-16)7-6-11(15)3/h6-9H,4-5,10H2,1-3H3. The minimum atomic E-state index is 0.538. The number of rotatable bonds is 4. The number of nitrogens with zero attached hydrogens (tertiary/aromatic N) is 2. The third-order valence-electron chi connectivity index (χ3n) is 3.21. The van der Waals surface area contributed by atoms with Crippen LogP contribution in [0.5, 0.6) is 0 Å². The van der Waals surface area contributed by atoms with Gasteiger partial charge in [-0.2, -0.15) is 5.10 Å². The topological polar surface area (TPSA) is 17.8 Å². The Bertz CT molecular complexity index is 543. The van der Waals surface area contributed by atoms with E-state index in [1.165, 1.54) is 11.3 Å². The third-order valence-corrected chi connectivity index (χ3v) is 3.52. The molecule has 0 radical (unpaired) electrons. The lowest BCUT2D eigenvalue weighted by atomic mass is 10.1. The highest BCUT2D eigenvalue weighted by atomic mass is 35.5. The van der Waals surface area contributed by atoms with Crippen LogP contribution in [0.2, 0.25) is 0 Å². The Hall–Kier alpha value is -1.28. The predicted octanol–water partition coefficient (Wildman–Crippen LogP) is 4.04. The van der Waals surface area contributed by atoms with Crippen LogP contribution in [0.15, 0.2) is 24.3 Å². The number of benzene rings is 1. The molecule has 2 aromatic rings. The first-order valence-corrected chi connectivity index (χ1v) is 6.96. The third kappa shape index (κ3) is 2.44. The van der Waals surface area contributed by atoms with Gasteiger partial charge in [-0.1, -0.05) is 26.0 Å². The Morgan fingerprint density at radius 3 is 2.56 bits per heavy atom. The molecular formula is C15H19ClN2. The van der Waals surface area contributed by atoms with Crippen molar-refractivity contribution in [1.29, 1.82) is 0 Å². The molecule has 3 heteroatoms. The molecule has 0 aliphatic heterocycles. The van der Waals surface area contributed by atoms with Gasteiger partial charge in [-0.3, -0.25) is 0 Å². The maximum absolute atomic E-state index is 5.92. The summed E-state index contributed by atoms with van der Waals surface area (Å²) in [6.07, 6.45) is 1.95. The Kier molecular flexibility index (Phi) is 4.07. The summed E-state index contributed by atoms with van der Waals surface area (Å²) < 4.78 is 2.06. The van der Waals surface area contributed by atoms with Gasteiger partial charge in [-0.25, -0.2) is 4.68 Å². The second-order valence-electron chi connectivity index (χ2n) is 4.50. The molecule has 2 nitrogen and oxygen atoms in total. The van der Waals surface area contributed by atoms with Crippen molar-refractivity contribution in [3.8, 4) is 5.69 Å². The van der Waals surface area contributed by atoms with Gasteiger partial charge in [-0.05, 0) is 43.0 Å². The van der Waals surface area contributed by atoms with Gasteiger partial charge < -0.3 is 0 Å². The van der Waals surface area contributed by atoms with Gasteiger partial charge >= 0.3 is 0 Å². The van der Waals surface area contributed by atoms with E-state index in [2.05, 4.69) is 54.8 Å². The highest BCUT2D eigenvalue weighted by Gasteiger charge is 2.10. The molecule has 1 heterocycles. The zero-order chi connectivity index (χ0) is 13.1. The second-order valence-corrected chi connectivity index (χ2v) is 4.77. The van der Waals surface area contributed by atoms with E-state index < -0.39 is 0 Å². The minimum absolute atomic E-state index is 0.538. The predicted molar refractivity (Wildman–Crippen MR) is 76.6 cm³/mol. The molecule has 0 fully saturated rings. The molecule has 1 aromatic carbocycles. The largest absolute Gasteiger partial charge is 0.237 e. The van der Waals surface area contributed by atoms with E-state index in [9.17, 15) is 0 Å². The van der Waals surface area contributed by atoms with Crippen molar-refractivity contribution in [3.05, 3.63) is 46.8 Å². The van der Waals surface area contributed by atoms with Gasteiger partial charge in [0.05, 0.1) is 11.4 Å². The molecule has 0 N–H and O–H groups in total.